The van der Waals surface area contributed by atoms with Crippen LogP contribution < -0.4 is 11.1 Å². The Morgan fingerprint density at radius 3 is 3.11 bits per heavy atom. The molecule has 18 heavy (non-hydrogen) atoms. The fraction of sp³-hybridized carbons (Fsp3) is 0.538. The van der Waals surface area contributed by atoms with Crippen LogP contribution in [0.4, 0.5) is 5.82 Å². The maximum absolute atomic E-state index is 5.67. The molecule has 1 aliphatic heterocycles. The van der Waals surface area contributed by atoms with Crippen molar-refractivity contribution in [3.63, 3.8) is 0 Å². The predicted octanol–water partition coefficient (Wildman–Crippen LogP) is 1.99. The quantitative estimate of drug-likeness (QED) is 0.756. The Morgan fingerprint density at radius 2 is 2.28 bits per heavy atom. The number of nitrogens with two attached hydrogens (primary N) is 1. The summed E-state index contributed by atoms with van der Waals surface area (Å²) >= 11 is 0. The summed E-state index contributed by atoms with van der Waals surface area (Å²) in [6.45, 7) is 3.32. The summed E-state index contributed by atoms with van der Waals surface area (Å²) in [7, 11) is 0. The summed E-state index contributed by atoms with van der Waals surface area (Å²) in [6.07, 6.45) is 3.65. The first kappa shape index (κ1) is 11.5. The third-order valence-corrected chi connectivity index (χ3v) is 3.81. The normalized spacial score (nSPS) is 24.5. The van der Waals surface area contributed by atoms with E-state index in [1.165, 1.54) is 12.8 Å². The van der Waals surface area contributed by atoms with Crippen molar-refractivity contribution in [2.24, 2.45) is 5.92 Å². The minimum Gasteiger partial charge on any atom is -0.384 e. The number of nitrogens with one attached hydrogen (secondary N) is 2. The van der Waals surface area contributed by atoms with Gasteiger partial charge < -0.3 is 16.0 Å². The summed E-state index contributed by atoms with van der Waals surface area (Å²) in [4.78, 5) is 12.1. The van der Waals surface area contributed by atoms with E-state index in [1.54, 1.807) is 6.07 Å². The molecule has 3 heterocycles. The van der Waals surface area contributed by atoms with Gasteiger partial charge in [0.1, 0.15) is 11.6 Å². The summed E-state index contributed by atoms with van der Waals surface area (Å²) in [6, 6.07) is 4.06. The number of nitrogen functional groups attached to an aromatic ring is 1. The van der Waals surface area contributed by atoms with E-state index in [9.17, 15) is 0 Å². The average Bonchev–Trinajstić information content (AvgIpc) is 2.81. The lowest BCUT2D eigenvalue weighted by Crippen LogP contribution is -2.32. The third-order valence-electron chi connectivity index (χ3n) is 3.81. The van der Waals surface area contributed by atoms with Crippen molar-refractivity contribution in [3.8, 4) is 0 Å². The molecule has 96 valence electrons. The first-order valence-corrected chi connectivity index (χ1v) is 6.61. The van der Waals surface area contributed by atoms with E-state index >= 15 is 0 Å². The molecule has 0 saturated carbocycles. The molecule has 0 aliphatic carbocycles. The van der Waals surface area contributed by atoms with Gasteiger partial charge >= 0.3 is 0 Å². The first-order chi connectivity index (χ1) is 8.76. The van der Waals surface area contributed by atoms with Gasteiger partial charge in [-0.1, -0.05) is 13.3 Å². The minimum atomic E-state index is 0.319. The van der Waals surface area contributed by atoms with E-state index in [-0.39, 0.29) is 0 Å². The van der Waals surface area contributed by atoms with Gasteiger partial charge in [0.05, 0.1) is 11.6 Å². The van der Waals surface area contributed by atoms with Crippen molar-refractivity contribution in [1.82, 2.24) is 20.3 Å². The number of anilines is 1. The standard InChI is InChI=1S/C13H19N5/c1-2-8-5-6-15-10(7-8)13-16-9-3-4-11(14)17-12(9)18-13/h3-4,8,10,15H,2,5-7H2,1H3,(H3,14,16,17,18). The van der Waals surface area contributed by atoms with Gasteiger partial charge in [-0.25, -0.2) is 9.97 Å². The molecule has 1 fully saturated rings. The number of pyridine rings is 1. The molecule has 2 aromatic heterocycles. The van der Waals surface area contributed by atoms with Gasteiger partial charge in [-0.3, -0.25) is 0 Å². The molecule has 0 bridgehead atoms. The van der Waals surface area contributed by atoms with E-state index in [1.807, 2.05) is 6.07 Å². The molecule has 0 spiro atoms. The zero-order valence-electron chi connectivity index (χ0n) is 10.6. The molecule has 2 aromatic rings. The van der Waals surface area contributed by atoms with E-state index < -0.39 is 0 Å². The Hall–Kier alpha value is -1.62. The zero-order chi connectivity index (χ0) is 12.5. The first-order valence-electron chi connectivity index (χ1n) is 6.61. The number of nitrogens with zero attached hydrogens (tertiary/aromatic N) is 2. The van der Waals surface area contributed by atoms with Crippen LogP contribution in [0.3, 0.4) is 0 Å². The van der Waals surface area contributed by atoms with Crippen LogP contribution in [0.2, 0.25) is 0 Å². The monoisotopic (exact) mass is 245 g/mol. The molecule has 3 rings (SSSR count). The van der Waals surface area contributed by atoms with Crippen molar-refractivity contribution in [2.45, 2.75) is 32.2 Å². The van der Waals surface area contributed by atoms with Crippen LogP contribution in [0.15, 0.2) is 12.1 Å². The van der Waals surface area contributed by atoms with Gasteiger partial charge in [-0.15, -0.1) is 0 Å². The number of hydrogen-bond acceptors (Lipinski definition) is 4. The largest absolute Gasteiger partial charge is 0.384 e. The highest BCUT2D eigenvalue weighted by atomic mass is 15.1. The van der Waals surface area contributed by atoms with Crippen molar-refractivity contribution >= 4 is 17.0 Å². The van der Waals surface area contributed by atoms with E-state index in [0.717, 1.165) is 30.2 Å². The number of piperidine rings is 1. The van der Waals surface area contributed by atoms with Crippen molar-refractivity contribution in [1.29, 1.82) is 0 Å². The van der Waals surface area contributed by atoms with E-state index in [0.29, 0.717) is 17.5 Å². The highest BCUT2D eigenvalue weighted by molar-refractivity contribution is 5.72. The number of aromatic amines is 1. The minimum absolute atomic E-state index is 0.319. The number of aromatic nitrogens is 3. The molecule has 2 unspecified atom stereocenters. The number of hydrogen-bond donors (Lipinski definition) is 3. The SMILES string of the molecule is CCC1CCNC(c2nc3nc(N)ccc3[nH]2)C1. The topological polar surface area (TPSA) is 79.6 Å². The van der Waals surface area contributed by atoms with Crippen molar-refractivity contribution in [2.75, 3.05) is 12.3 Å². The number of fused-ring (bicyclic) bond motifs is 1. The van der Waals surface area contributed by atoms with Gasteiger partial charge in [0.25, 0.3) is 0 Å². The van der Waals surface area contributed by atoms with Crippen LogP contribution in [-0.2, 0) is 0 Å². The molecule has 5 nitrogen and oxygen atoms in total. The lowest BCUT2D eigenvalue weighted by molar-refractivity contribution is 0.292. The van der Waals surface area contributed by atoms with Gasteiger partial charge in [0.15, 0.2) is 5.65 Å². The van der Waals surface area contributed by atoms with Gasteiger partial charge in [-0.2, -0.15) is 0 Å². The number of rotatable bonds is 2. The van der Waals surface area contributed by atoms with Gasteiger partial charge in [-0.05, 0) is 37.4 Å². The highest BCUT2D eigenvalue weighted by Gasteiger charge is 2.24. The molecule has 0 aromatic carbocycles. The second kappa shape index (κ2) is 4.57. The lowest BCUT2D eigenvalue weighted by atomic mass is 9.90. The molecule has 1 saturated heterocycles. The van der Waals surface area contributed by atoms with Gasteiger partial charge in [0.2, 0.25) is 0 Å². The molecule has 1 aliphatic rings. The molecule has 2 atom stereocenters. The number of imidazole rings is 1. The molecular weight excluding hydrogens is 226 g/mol. The fourth-order valence-electron chi connectivity index (χ4n) is 2.67. The molecule has 5 heteroatoms. The van der Waals surface area contributed by atoms with Gasteiger partial charge in [0, 0.05) is 0 Å². The summed E-state index contributed by atoms with van der Waals surface area (Å²) in [5, 5.41) is 3.52. The Balaban J connectivity index is 1.89. The van der Waals surface area contributed by atoms with Crippen molar-refractivity contribution < 1.29 is 0 Å². The summed E-state index contributed by atoms with van der Waals surface area (Å²) in [5.74, 6) is 2.30. The molecular formula is C13H19N5. The highest BCUT2D eigenvalue weighted by Crippen LogP contribution is 2.28. The lowest BCUT2D eigenvalue weighted by Gasteiger charge is -2.28. The van der Waals surface area contributed by atoms with E-state index in [4.69, 9.17) is 5.73 Å². The van der Waals surface area contributed by atoms with E-state index in [2.05, 4.69) is 27.2 Å². The predicted molar refractivity (Wildman–Crippen MR) is 72.1 cm³/mol. The Labute approximate surface area is 106 Å². The second-order valence-electron chi connectivity index (χ2n) is 5.03. The van der Waals surface area contributed by atoms with Crippen LogP contribution in [0.5, 0.6) is 0 Å². The third kappa shape index (κ3) is 2.06. The summed E-state index contributed by atoms with van der Waals surface area (Å²) < 4.78 is 0. The smallest absolute Gasteiger partial charge is 0.179 e. The number of H-pyrrole nitrogens is 1. The maximum atomic E-state index is 5.67. The maximum Gasteiger partial charge on any atom is 0.179 e. The zero-order valence-corrected chi connectivity index (χ0v) is 10.6. The Bertz CT molecular complexity index is 547. The molecule has 0 radical (unpaired) electrons. The molecule has 4 N–H and O–H groups in total. The summed E-state index contributed by atoms with van der Waals surface area (Å²) in [5.41, 5.74) is 7.35. The van der Waals surface area contributed by atoms with Crippen LogP contribution >= 0.6 is 0 Å². The van der Waals surface area contributed by atoms with Crippen LogP contribution in [0.1, 0.15) is 38.1 Å². The van der Waals surface area contributed by atoms with Crippen LogP contribution in [0.25, 0.3) is 11.2 Å². The Morgan fingerprint density at radius 1 is 1.39 bits per heavy atom. The molecule has 0 amide bonds. The fourth-order valence-corrected chi connectivity index (χ4v) is 2.67. The Kier molecular flexibility index (Phi) is 2.91. The van der Waals surface area contributed by atoms with Crippen LogP contribution in [0, 0.1) is 5.92 Å². The average molecular weight is 245 g/mol. The van der Waals surface area contributed by atoms with Crippen molar-refractivity contribution in [3.05, 3.63) is 18.0 Å². The van der Waals surface area contributed by atoms with Crippen LogP contribution in [-0.4, -0.2) is 21.5 Å². The second-order valence-corrected chi connectivity index (χ2v) is 5.03.